The van der Waals surface area contributed by atoms with Gasteiger partial charge in [-0.05, 0) is 25.1 Å². The van der Waals surface area contributed by atoms with Gasteiger partial charge in [-0.1, -0.05) is 29.8 Å². The fourth-order valence-electron chi connectivity index (χ4n) is 1.78. The van der Waals surface area contributed by atoms with Crippen molar-refractivity contribution >= 4 is 17.5 Å². The van der Waals surface area contributed by atoms with Gasteiger partial charge in [0.05, 0.1) is 5.02 Å². The smallest absolute Gasteiger partial charge is 0.261 e. The van der Waals surface area contributed by atoms with Crippen LogP contribution in [0.25, 0.3) is 0 Å². The number of hydrogen-bond acceptors (Lipinski definition) is 2. The topological polar surface area (TPSA) is 38.3 Å². The molecule has 0 aliphatic carbocycles. The third kappa shape index (κ3) is 4.18. The van der Waals surface area contributed by atoms with Crippen molar-refractivity contribution in [1.29, 1.82) is 0 Å². The van der Waals surface area contributed by atoms with Crippen molar-refractivity contribution in [1.82, 2.24) is 5.32 Å². The van der Waals surface area contributed by atoms with Crippen LogP contribution in [0.4, 0.5) is 8.78 Å². The molecule has 0 fully saturated rings. The van der Waals surface area contributed by atoms with Crippen LogP contribution in [0.15, 0.2) is 42.5 Å². The Morgan fingerprint density at radius 1 is 1.23 bits per heavy atom. The molecule has 0 saturated carbocycles. The molecular formula is C16H14ClF2NO2. The molecule has 1 unspecified atom stereocenters. The van der Waals surface area contributed by atoms with Gasteiger partial charge in [-0.15, -0.1) is 0 Å². The number of ether oxygens (including phenoxy) is 1. The molecule has 0 aromatic heterocycles. The van der Waals surface area contributed by atoms with E-state index in [0.717, 1.165) is 6.07 Å². The molecular weight excluding hydrogens is 312 g/mol. The van der Waals surface area contributed by atoms with Gasteiger partial charge in [0.2, 0.25) is 0 Å². The number of carbonyl (C=O) groups excluding carboxylic acids is 1. The molecule has 0 bridgehead atoms. The first-order valence-corrected chi connectivity index (χ1v) is 6.98. The maximum absolute atomic E-state index is 13.4. The summed E-state index contributed by atoms with van der Waals surface area (Å²) in [5.41, 5.74) is 0.382. The lowest BCUT2D eigenvalue weighted by atomic mass is 10.2. The SMILES string of the molecule is CC(Oc1ccc(F)c(Cl)c1)C(=O)NCc1ccccc1F. The van der Waals surface area contributed by atoms with E-state index in [2.05, 4.69) is 5.32 Å². The molecule has 0 aliphatic rings. The number of amides is 1. The van der Waals surface area contributed by atoms with Gasteiger partial charge in [-0.25, -0.2) is 8.78 Å². The number of hydrogen-bond donors (Lipinski definition) is 1. The minimum atomic E-state index is -0.826. The van der Waals surface area contributed by atoms with E-state index in [1.807, 2.05) is 0 Å². The summed E-state index contributed by atoms with van der Waals surface area (Å²) in [7, 11) is 0. The Balaban J connectivity index is 1.92. The van der Waals surface area contributed by atoms with E-state index < -0.39 is 17.8 Å². The third-order valence-corrected chi connectivity index (χ3v) is 3.27. The van der Waals surface area contributed by atoms with Crippen molar-refractivity contribution < 1.29 is 18.3 Å². The molecule has 3 nitrogen and oxygen atoms in total. The fraction of sp³-hybridized carbons (Fsp3) is 0.188. The molecule has 116 valence electrons. The van der Waals surface area contributed by atoms with Gasteiger partial charge in [0.15, 0.2) is 6.10 Å². The summed E-state index contributed by atoms with van der Waals surface area (Å²) in [5, 5.41) is 2.49. The number of carbonyl (C=O) groups is 1. The van der Waals surface area contributed by atoms with Gasteiger partial charge in [0, 0.05) is 18.2 Å². The van der Waals surface area contributed by atoms with Gasteiger partial charge >= 0.3 is 0 Å². The minimum Gasteiger partial charge on any atom is -0.481 e. The number of benzene rings is 2. The van der Waals surface area contributed by atoms with Crippen LogP contribution in [0.3, 0.4) is 0 Å². The second kappa shape index (κ2) is 7.22. The molecule has 22 heavy (non-hydrogen) atoms. The summed E-state index contributed by atoms with van der Waals surface area (Å²) in [4.78, 5) is 11.9. The lowest BCUT2D eigenvalue weighted by molar-refractivity contribution is -0.127. The zero-order valence-corrected chi connectivity index (χ0v) is 12.5. The van der Waals surface area contributed by atoms with Crippen LogP contribution in [0.2, 0.25) is 5.02 Å². The molecule has 0 radical (unpaired) electrons. The zero-order chi connectivity index (χ0) is 16.1. The summed E-state index contributed by atoms with van der Waals surface area (Å²) in [5.74, 6) is -1.09. The van der Waals surface area contributed by atoms with Crippen LogP contribution >= 0.6 is 11.6 Å². The van der Waals surface area contributed by atoms with Crippen molar-refractivity contribution in [3.63, 3.8) is 0 Å². The average molecular weight is 326 g/mol. The van der Waals surface area contributed by atoms with E-state index in [1.165, 1.54) is 25.1 Å². The predicted molar refractivity (Wildman–Crippen MR) is 79.7 cm³/mol. The Bertz CT molecular complexity index is 679. The zero-order valence-electron chi connectivity index (χ0n) is 11.8. The Kier molecular flexibility index (Phi) is 5.33. The van der Waals surface area contributed by atoms with Crippen LogP contribution in [-0.2, 0) is 11.3 Å². The highest BCUT2D eigenvalue weighted by atomic mass is 35.5. The first kappa shape index (κ1) is 16.2. The second-order valence-electron chi connectivity index (χ2n) is 4.65. The maximum atomic E-state index is 13.4. The summed E-state index contributed by atoms with van der Waals surface area (Å²) in [6.07, 6.45) is -0.826. The number of halogens is 3. The van der Waals surface area contributed by atoms with Gasteiger partial charge < -0.3 is 10.1 Å². The first-order valence-electron chi connectivity index (χ1n) is 6.60. The van der Waals surface area contributed by atoms with Crippen molar-refractivity contribution in [3.05, 3.63) is 64.7 Å². The summed E-state index contributed by atoms with van der Waals surface area (Å²) in [6, 6.07) is 9.99. The Morgan fingerprint density at radius 3 is 2.64 bits per heavy atom. The Morgan fingerprint density at radius 2 is 1.95 bits per heavy atom. The predicted octanol–water partition coefficient (Wildman–Crippen LogP) is 3.70. The lowest BCUT2D eigenvalue weighted by Crippen LogP contribution is -2.36. The molecule has 0 saturated heterocycles. The van der Waals surface area contributed by atoms with Crippen molar-refractivity contribution in [3.8, 4) is 5.75 Å². The third-order valence-electron chi connectivity index (χ3n) is 2.98. The number of rotatable bonds is 5. The highest BCUT2D eigenvalue weighted by molar-refractivity contribution is 6.30. The molecule has 2 rings (SSSR count). The minimum absolute atomic E-state index is 0.0589. The maximum Gasteiger partial charge on any atom is 0.261 e. The summed E-state index contributed by atoms with van der Waals surface area (Å²) < 4.78 is 31.8. The largest absolute Gasteiger partial charge is 0.481 e. The van der Waals surface area contributed by atoms with E-state index >= 15 is 0 Å². The quantitative estimate of drug-likeness (QED) is 0.910. The summed E-state index contributed by atoms with van der Waals surface area (Å²) >= 11 is 5.64. The van der Waals surface area contributed by atoms with E-state index in [0.29, 0.717) is 5.56 Å². The van der Waals surface area contributed by atoms with E-state index in [-0.39, 0.29) is 23.1 Å². The van der Waals surface area contributed by atoms with Crippen LogP contribution in [0.5, 0.6) is 5.75 Å². The van der Waals surface area contributed by atoms with Crippen molar-refractivity contribution in [2.24, 2.45) is 0 Å². The monoisotopic (exact) mass is 325 g/mol. The van der Waals surface area contributed by atoms with Gasteiger partial charge in [0.25, 0.3) is 5.91 Å². The molecule has 6 heteroatoms. The molecule has 0 spiro atoms. The Hall–Kier alpha value is -2.14. The molecule has 1 amide bonds. The standard InChI is InChI=1S/C16H14ClF2NO2/c1-10(22-12-6-7-15(19)13(17)8-12)16(21)20-9-11-4-2-3-5-14(11)18/h2-8,10H,9H2,1H3,(H,20,21). The Labute approximate surface area is 131 Å². The molecule has 1 atom stereocenters. The lowest BCUT2D eigenvalue weighted by Gasteiger charge is -2.15. The molecule has 0 aliphatic heterocycles. The highest BCUT2D eigenvalue weighted by Gasteiger charge is 2.15. The number of nitrogens with one attached hydrogen (secondary N) is 1. The fourth-order valence-corrected chi connectivity index (χ4v) is 1.95. The molecule has 2 aromatic rings. The molecule has 0 heterocycles. The highest BCUT2D eigenvalue weighted by Crippen LogP contribution is 2.22. The van der Waals surface area contributed by atoms with Crippen molar-refractivity contribution in [2.45, 2.75) is 19.6 Å². The van der Waals surface area contributed by atoms with Gasteiger partial charge in [-0.2, -0.15) is 0 Å². The van der Waals surface area contributed by atoms with Crippen LogP contribution in [-0.4, -0.2) is 12.0 Å². The van der Waals surface area contributed by atoms with Crippen LogP contribution in [0.1, 0.15) is 12.5 Å². The van der Waals surface area contributed by atoms with E-state index in [1.54, 1.807) is 18.2 Å². The normalized spacial score (nSPS) is 11.8. The van der Waals surface area contributed by atoms with E-state index in [4.69, 9.17) is 16.3 Å². The van der Waals surface area contributed by atoms with Gasteiger partial charge in [-0.3, -0.25) is 4.79 Å². The average Bonchev–Trinajstić information content (AvgIpc) is 2.50. The first-order chi connectivity index (χ1) is 10.5. The summed E-state index contributed by atoms with van der Waals surface area (Å²) in [6.45, 7) is 1.59. The second-order valence-corrected chi connectivity index (χ2v) is 5.05. The van der Waals surface area contributed by atoms with Crippen LogP contribution < -0.4 is 10.1 Å². The molecule has 1 N–H and O–H groups in total. The molecule has 2 aromatic carbocycles. The van der Waals surface area contributed by atoms with Crippen LogP contribution in [0, 0.1) is 11.6 Å². The van der Waals surface area contributed by atoms with Gasteiger partial charge in [0.1, 0.15) is 17.4 Å². The van der Waals surface area contributed by atoms with Crippen molar-refractivity contribution in [2.75, 3.05) is 0 Å². The van der Waals surface area contributed by atoms with E-state index in [9.17, 15) is 13.6 Å².